The van der Waals surface area contributed by atoms with Gasteiger partial charge in [0.1, 0.15) is 0 Å². The fourth-order valence-electron chi connectivity index (χ4n) is 19.3. The quantitative estimate of drug-likeness (QED) is 0.229. The highest BCUT2D eigenvalue weighted by molar-refractivity contribution is 5.05. The molecule has 0 radical (unpaired) electrons. The summed E-state index contributed by atoms with van der Waals surface area (Å²) in [5.41, 5.74) is 0. The van der Waals surface area contributed by atoms with Crippen molar-refractivity contribution in [3.63, 3.8) is 0 Å². The second-order valence-corrected chi connectivity index (χ2v) is 24.3. The minimum atomic E-state index is 0.930. The molecule has 6 unspecified atom stereocenters. The third-order valence-electron chi connectivity index (χ3n) is 21.5. The first-order valence-corrected chi connectivity index (χ1v) is 28.3. The maximum Gasteiger partial charge on any atom is 0.0101 e. The van der Waals surface area contributed by atoms with E-state index in [9.17, 15) is 0 Å². The van der Waals surface area contributed by atoms with Gasteiger partial charge in [0.05, 0.1) is 0 Å². The van der Waals surface area contributed by atoms with E-state index >= 15 is 0 Å². The summed E-state index contributed by atoms with van der Waals surface area (Å²) in [6.45, 7) is 0. The molecule has 10 saturated carbocycles. The highest BCUT2D eigenvalue weighted by atomic mass is 15.2. The monoisotopic (exact) mass is 797 g/mol. The molecule has 0 amide bonds. The second kappa shape index (κ2) is 20.2. The van der Waals surface area contributed by atoms with Crippen LogP contribution < -0.4 is 0 Å². The largest absolute Gasteiger partial charge is 0.294 e. The van der Waals surface area contributed by atoms with Gasteiger partial charge in [-0.1, -0.05) is 122 Å². The smallest absolute Gasteiger partial charge is 0.0101 e. The Morgan fingerprint density at radius 1 is 0.190 bits per heavy atom. The van der Waals surface area contributed by atoms with Gasteiger partial charge in [-0.05, 0) is 194 Å². The first-order valence-electron chi connectivity index (χ1n) is 28.3. The van der Waals surface area contributed by atoms with Crippen LogP contribution in [0, 0.1) is 59.2 Å². The first-order chi connectivity index (χ1) is 28.8. The molecule has 0 aliphatic heterocycles. The lowest BCUT2D eigenvalue weighted by atomic mass is 9.45. The lowest BCUT2D eigenvalue weighted by Crippen LogP contribution is -2.55. The van der Waals surface area contributed by atoms with Crippen molar-refractivity contribution in [3.8, 4) is 0 Å². The van der Waals surface area contributed by atoms with Gasteiger partial charge in [0.25, 0.3) is 0 Å². The fourth-order valence-corrected chi connectivity index (χ4v) is 19.3. The SMILES string of the molecule is C1CCC(N(C2CCCCC2)C2CCC(C3CCCC(C4C5CCCCC5C(C5CCC(N(C6CCCCC6)C6CCCCC6)CC5)C5CCCCC54)C3)CC2)CC1. The molecule has 10 rings (SSSR count). The molecule has 0 N–H and O–H groups in total. The Balaban J connectivity index is 0.804. The summed E-state index contributed by atoms with van der Waals surface area (Å²) >= 11 is 0. The maximum atomic E-state index is 3.27. The third kappa shape index (κ3) is 9.13. The van der Waals surface area contributed by atoms with Gasteiger partial charge in [-0.2, -0.15) is 0 Å². The van der Waals surface area contributed by atoms with E-state index in [0.717, 1.165) is 95.4 Å². The molecule has 330 valence electrons. The Kier molecular flexibility index (Phi) is 14.6. The first kappa shape index (κ1) is 41.9. The van der Waals surface area contributed by atoms with Crippen molar-refractivity contribution in [3.05, 3.63) is 0 Å². The van der Waals surface area contributed by atoms with Gasteiger partial charge in [-0.3, -0.25) is 9.80 Å². The molecule has 0 bridgehead atoms. The number of nitrogens with zero attached hydrogens (tertiary/aromatic N) is 2. The predicted octanol–water partition coefficient (Wildman–Crippen LogP) is 15.7. The minimum Gasteiger partial charge on any atom is -0.294 e. The summed E-state index contributed by atoms with van der Waals surface area (Å²) in [5.74, 6) is 10.9. The molecular formula is C56H96N2. The van der Waals surface area contributed by atoms with Crippen molar-refractivity contribution in [1.29, 1.82) is 0 Å². The van der Waals surface area contributed by atoms with Crippen molar-refractivity contribution in [2.45, 2.75) is 293 Å². The van der Waals surface area contributed by atoms with Gasteiger partial charge in [-0.25, -0.2) is 0 Å². The summed E-state index contributed by atoms with van der Waals surface area (Å²) < 4.78 is 0. The zero-order valence-electron chi connectivity index (χ0n) is 38.4. The van der Waals surface area contributed by atoms with Crippen LogP contribution >= 0.6 is 0 Å². The van der Waals surface area contributed by atoms with Gasteiger partial charge < -0.3 is 0 Å². The minimum absolute atomic E-state index is 0.930. The summed E-state index contributed by atoms with van der Waals surface area (Å²) in [5, 5.41) is 0. The van der Waals surface area contributed by atoms with Crippen molar-refractivity contribution in [1.82, 2.24) is 9.80 Å². The highest BCUT2D eigenvalue weighted by Crippen LogP contribution is 2.63. The van der Waals surface area contributed by atoms with Crippen LogP contribution in [0.4, 0.5) is 0 Å². The van der Waals surface area contributed by atoms with Crippen molar-refractivity contribution >= 4 is 0 Å². The van der Waals surface area contributed by atoms with Gasteiger partial charge >= 0.3 is 0 Å². The Labute approximate surface area is 360 Å². The van der Waals surface area contributed by atoms with Crippen LogP contribution in [0.5, 0.6) is 0 Å². The number of rotatable bonds is 9. The summed E-state index contributed by atoms with van der Waals surface area (Å²) in [7, 11) is 0. The molecule has 0 aromatic rings. The molecule has 0 spiro atoms. The van der Waals surface area contributed by atoms with Crippen LogP contribution in [0.15, 0.2) is 0 Å². The molecule has 2 nitrogen and oxygen atoms in total. The lowest BCUT2D eigenvalue weighted by molar-refractivity contribution is -0.119. The van der Waals surface area contributed by atoms with E-state index in [0.29, 0.717) is 0 Å². The van der Waals surface area contributed by atoms with E-state index in [1.807, 2.05) is 0 Å². The molecule has 0 aromatic carbocycles. The van der Waals surface area contributed by atoms with Crippen LogP contribution in [-0.4, -0.2) is 46.1 Å². The van der Waals surface area contributed by atoms with Gasteiger partial charge in [0.2, 0.25) is 0 Å². The van der Waals surface area contributed by atoms with E-state index in [4.69, 9.17) is 0 Å². The Bertz CT molecular complexity index is 1140. The van der Waals surface area contributed by atoms with Gasteiger partial charge in [0, 0.05) is 36.3 Å². The normalized spacial score (nSPS) is 43.6. The third-order valence-corrected chi connectivity index (χ3v) is 21.5. The van der Waals surface area contributed by atoms with Crippen molar-refractivity contribution < 1.29 is 0 Å². The van der Waals surface area contributed by atoms with Crippen LogP contribution in [0.1, 0.15) is 257 Å². The predicted molar refractivity (Wildman–Crippen MR) is 246 cm³/mol. The van der Waals surface area contributed by atoms with E-state index in [-0.39, 0.29) is 0 Å². The topological polar surface area (TPSA) is 6.48 Å². The Morgan fingerprint density at radius 3 is 0.862 bits per heavy atom. The number of hydrogen-bond acceptors (Lipinski definition) is 2. The standard InChI is InChI=1S/C56H96N2/c1-5-20-45(21-6-1)57(46-22-7-2-8-23-46)49-36-32-41(33-37-49)43-18-17-19-44(40-43)56-53-30-15-13-28-51(53)55(52-29-14-16-31-54(52)56)42-34-38-50(39-35-42)58(47-24-9-3-10-25-47)48-26-11-4-12-27-48/h41-56H,1-40H2. The second-order valence-electron chi connectivity index (χ2n) is 24.3. The van der Waals surface area contributed by atoms with E-state index in [2.05, 4.69) is 9.80 Å². The molecule has 6 atom stereocenters. The van der Waals surface area contributed by atoms with Gasteiger partial charge in [0.15, 0.2) is 0 Å². The molecule has 10 aliphatic rings. The number of hydrogen-bond donors (Lipinski definition) is 0. The molecule has 0 saturated heterocycles. The Morgan fingerprint density at radius 2 is 0.483 bits per heavy atom. The molecular weight excluding hydrogens is 701 g/mol. The maximum absolute atomic E-state index is 3.27. The molecule has 0 heterocycles. The molecule has 2 heteroatoms. The van der Waals surface area contributed by atoms with E-state index < -0.39 is 0 Å². The molecule has 58 heavy (non-hydrogen) atoms. The van der Waals surface area contributed by atoms with Gasteiger partial charge in [-0.15, -0.1) is 0 Å². The Hall–Kier alpha value is -0.0800. The highest BCUT2D eigenvalue weighted by Gasteiger charge is 2.55. The van der Waals surface area contributed by atoms with Crippen LogP contribution in [0.2, 0.25) is 0 Å². The van der Waals surface area contributed by atoms with E-state index in [1.54, 1.807) is 128 Å². The molecule has 0 aromatic heterocycles. The van der Waals surface area contributed by atoms with Crippen LogP contribution in [-0.2, 0) is 0 Å². The van der Waals surface area contributed by atoms with Crippen LogP contribution in [0.25, 0.3) is 0 Å². The zero-order valence-corrected chi connectivity index (χ0v) is 38.4. The summed E-state index contributed by atoms with van der Waals surface area (Å²) in [4.78, 5) is 6.52. The molecule has 10 aliphatic carbocycles. The molecule has 10 fully saturated rings. The average molecular weight is 797 g/mol. The van der Waals surface area contributed by atoms with E-state index in [1.165, 1.54) is 128 Å². The summed E-state index contributed by atoms with van der Waals surface area (Å²) in [6.07, 6.45) is 62.3. The lowest BCUT2D eigenvalue weighted by Gasteiger charge is -2.61. The average Bonchev–Trinajstić information content (AvgIpc) is 3.30. The van der Waals surface area contributed by atoms with Crippen molar-refractivity contribution in [2.75, 3.05) is 0 Å². The summed E-state index contributed by atoms with van der Waals surface area (Å²) in [6, 6.07) is 5.61. The van der Waals surface area contributed by atoms with Crippen molar-refractivity contribution in [2.24, 2.45) is 59.2 Å². The van der Waals surface area contributed by atoms with Crippen LogP contribution in [0.3, 0.4) is 0 Å². The number of fused-ring (bicyclic) bond motifs is 2. The fraction of sp³-hybridized carbons (Fsp3) is 1.00. The zero-order chi connectivity index (χ0) is 38.7.